The van der Waals surface area contributed by atoms with Crippen LogP contribution >= 0.6 is 94.1 Å². The van der Waals surface area contributed by atoms with Crippen LogP contribution in [0.2, 0.25) is 0 Å². The molecule has 34 aromatic carbocycles. The minimum Gasteiger partial charge on any atom is -0.460 e. The molecule has 12 heteroatoms. The fourth-order valence-electron chi connectivity index (χ4n) is 32.6. The van der Waals surface area contributed by atoms with Crippen LogP contribution < -0.4 is 20.9 Å². The Labute approximate surface area is 681 Å². The van der Waals surface area contributed by atoms with Crippen molar-refractivity contribution in [3.05, 3.63) is 182 Å². The molecule has 4 aliphatic heterocycles. The van der Waals surface area contributed by atoms with Crippen molar-refractivity contribution < 1.29 is 19.1 Å². The van der Waals surface area contributed by atoms with Gasteiger partial charge in [0.1, 0.15) is 13.2 Å². The summed E-state index contributed by atoms with van der Waals surface area (Å²) in [6.45, 7) is -0.0743. The Bertz CT molecular complexity index is 10400. The number of hydrogen-bond acceptors (Lipinski definition) is 12. The molecule has 4 nitrogen and oxygen atoms in total. The summed E-state index contributed by atoms with van der Waals surface area (Å²) in [6.07, 6.45) is 0. The molecule has 4 heterocycles. The fourth-order valence-corrected chi connectivity index (χ4v) is 40.3. The molecule has 518 valence electrons. The molecule has 117 heavy (non-hydrogen) atoms. The zero-order valence-corrected chi connectivity index (χ0v) is 66.0. The highest BCUT2D eigenvalue weighted by Gasteiger charge is 3.01. The summed E-state index contributed by atoms with van der Waals surface area (Å²) in [4.78, 5) is 38.1. The van der Waals surface area contributed by atoms with Crippen LogP contribution in [-0.2, 0) is 43.1 Å². The van der Waals surface area contributed by atoms with E-state index in [-0.39, 0.29) is 13.2 Å². The Morgan fingerprint density at radius 3 is 0.581 bits per heavy atom. The van der Waals surface area contributed by atoms with Gasteiger partial charge in [0.25, 0.3) is 0 Å². The highest BCUT2D eigenvalue weighted by atomic mass is 32.2. The average Bonchev–Trinajstić information content (AvgIpc) is 1.35. The van der Waals surface area contributed by atoms with Gasteiger partial charge in [-0.15, -0.1) is 0 Å². The predicted octanol–water partition coefficient (Wildman–Crippen LogP) is 27.5. The molecule has 9 aliphatic rings. The molecular weight excluding hydrogens is 1580 g/mol. The van der Waals surface area contributed by atoms with Gasteiger partial charge in [-0.2, -0.15) is 0 Å². The molecule has 0 atom stereocenters. The van der Waals surface area contributed by atoms with Crippen LogP contribution in [0.3, 0.4) is 0 Å². The summed E-state index contributed by atoms with van der Waals surface area (Å²) < 4.78 is 20.6. The zero-order chi connectivity index (χ0) is 72.6. The zero-order valence-electron chi connectivity index (χ0n) is 59.5. The molecule has 1 saturated carbocycles. The van der Waals surface area contributed by atoms with Crippen LogP contribution in [0.4, 0.5) is 0 Å². The second kappa shape index (κ2) is 15.0. The third-order valence-electron chi connectivity index (χ3n) is 34.3. The first-order chi connectivity index (χ1) is 58.1. The fraction of sp³-hybridized carbons (Fsp3) is 0.0476. The van der Waals surface area contributed by atoms with Crippen molar-refractivity contribution >= 4 is 457 Å². The number of hydrogen-bond donors (Lipinski definition) is 0. The van der Waals surface area contributed by atoms with Crippen LogP contribution in [0, 0.1) is 5.41 Å². The van der Waals surface area contributed by atoms with Crippen LogP contribution in [0.5, 0.6) is 0 Å². The second-order valence-corrected chi connectivity index (χ2v) is 45.0. The summed E-state index contributed by atoms with van der Waals surface area (Å²) in [5.41, 5.74) is 2.15. The first-order valence-electron chi connectivity index (χ1n) is 40.6. The van der Waals surface area contributed by atoms with Crippen molar-refractivity contribution in [1.82, 2.24) is 0 Å². The molecule has 1 fully saturated rings. The molecule has 0 bridgehead atoms. The van der Waals surface area contributed by atoms with Gasteiger partial charge in [-0.1, -0.05) is 167 Å². The summed E-state index contributed by atoms with van der Waals surface area (Å²) >= 11 is 14.3. The van der Waals surface area contributed by atoms with Crippen LogP contribution in [0.15, 0.2) is 128 Å². The number of benzene rings is 24. The molecule has 0 radical (unpaired) electrons. The van der Waals surface area contributed by atoms with E-state index >= 15 is 9.59 Å². The maximum atomic E-state index is 19.1. The van der Waals surface area contributed by atoms with E-state index in [1.54, 1.807) is 126 Å². The largest absolute Gasteiger partial charge is 0.460 e. The smallest absolute Gasteiger partial charge is 0.326 e. The van der Waals surface area contributed by atoms with Crippen LogP contribution in [0.1, 0.15) is 33.4 Å². The second-order valence-electron chi connectivity index (χ2n) is 36.7. The summed E-state index contributed by atoms with van der Waals surface area (Å²) in [6, 6.07) is 31.6. The highest BCUT2D eigenvalue weighted by molar-refractivity contribution is 8.36. The van der Waals surface area contributed by atoms with Gasteiger partial charge >= 0.3 is 11.9 Å². The minimum atomic E-state index is -1.97. The molecule has 0 saturated heterocycles. The van der Waals surface area contributed by atoms with E-state index in [2.05, 4.69) is 128 Å². The van der Waals surface area contributed by atoms with Gasteiger partial charge in [-0.05, 0) is 423 Å². The Hall–Kier alpha value is -11.0. The number of thioether (sulfide) groups is 8. The SMILES string of the molecule is O=C(OCc1ccc2c(=C3SC=CS3)c3ccccc3c(=C3SC=CS3)c2c1)C1(C(=O)OCc2ccc3c(=C4SC=CS4)c4ccccc4c(=C4SC=CS4)c3c2)C23c4c5c6c7c8c9c(c%10c%11c2c2c4c4c%12c5c5c6c6c8c8c%13c9c9c%10c%10c%11c%11c2c2c4c4c%12c%12c5c5c6c8c6c8c%13c9c9c%10c%10c%11c2c2c4c4c%12c5c6c5c8c9c%10c2c45)C713. The van der Waals surface area contributed by atoms with Gasteiger partial charge < -0.3 is 9.47 Å². The van der Waals surface area contributed by atoms with Gasteiger partial charge in [-0.25, -0.2) is 0 Å². The lowest BCUT2D eigenvalue weighted by Gasteiger charge is -2.32. The van der Waals surface area contributed by atoms with E-state index in [0.29, 0.717) is 0 Å². The Morgan fingerprint density at radius 1 is 0.214 bits per heavy atom. The number of carbonyl (C=O) groups excluding carboxylic acids is 2. The lowest BCUT2D eigenvalue weighted by atomic mass is 9.68. The van der Waals surface area contributed by atoms with E-state index in [9.17, 15) is 0 Å². The molecule has 34 aromatic rings. The maximum Gasteiger partial charge on any atom is 0.326 e. The van der Waals surface area contributed by atoms with Crippen molar-refractivity contribution in [3.8, 4) is 0 Å². The van der Waals surface area contributed by atoms with Gasteiger partial charge in [0.05, 0.1) is 27.8 Å². The van der Waals surface area contributed by atoms with Crippen molar-refractivity contribution in [2.24, 2.45) is 5.41 Å². The average molecular weight is 1610 g/mol. The molecule has 0 N–H and O–H groups in total. The van der Waals surface area contributed by atoms with Gasteiger partial charge in [0.2, 0.25) is 0 Å². The normalized spacial score (nSPS) is 19.1. The first-order valence-corrected chi connectivity index (χ1v) is 47.6. The Kier molecular flexibility index (Phi) is 6.94. The van der Waals surface area contributed by atoms with Crippen molar-refractivity contribution in [2.75, 3.05) is 0 Å². The molecular formula is C105H26O4S8. The summed E-state index contributed by atoms with van der Waals surface area (Å²) in [5.74, 6) is -0.924. The molecule has 0 unspecified atom stereocenters. The molecule has 2 spiro atoms. The van der Waals surface area contributed by atoms with E-state index in [0.717, 1.165) is 21.9 Å². The lowest BCUT2D eigenvalue weighted by Crippen LogP contribution is -2.38. The van der Waals surface area contributed by atoms with E-state index in [1.807, 2.05) is 0 Å². The minimum absolute atomic E-state index is 0.0372. The molecule has 43 rings (SSSR count). The van der Waals surface area contributed by atoms with Gasteiger partial charge in [-0.3, -0.25) is 9.59 Å². The maximum absolute atomic E-state index is 19.1. The van der Waals surface area contributed by atoms with Crippen molar-refractivity contribution in [1.29, 1.82) is 0 Å². The first kappa shape index (κ1) is 54.1. The van der Waals surface area contributed by atoms with Gasteiger partial charge in [0.15, 0.2) is 5.41 Å². The monoisotopic (exact) mass is 1610 g/mol. The third kappa shape index (κ3) is 4.06. The van der Waals surface area contributed by atoms with Crippen molar-refractivity contribution in [2.45, 2.75) is 24.0 Å². The van der Waals surface area contributed by atoms with Crippen LogP contribution in [-0.4, -0.2) is 11.9 Å². The van der Waals surface area contributed by atoms with E-state index in [1.165, 1.54) is 351 Å². The standard InChI is InChI=1S/C105H26O4S8/c106-101(108-23-25-9-11-31-33(21-25)37(99-114-17-18-115-99)29-7-3-1-5-27(29)35(31)97-110-13-14-111-97)105(102(107)109-24-26-10-12-32-34(22-26)38(100-116-19-20-117-100)30-8-4-2-6-28(30)36(32)98-112-15-16-113-98)103-93-85-77-67-57-49-41-39-40-43-47-45(41)53-61-55(47)65-59-51(43)52-44(40)48-46-42(39)50(49)58-64-54(46)62-56(48)66-60(52)70-69(59)79-73(65)83-75(61)81(71(77)63(53)57)89(93)91(83)95-87(79)88-80(70)74(66)84-76(62)82-72(64)78(68(58)67)86(85)94(103)90(82)92(84)96(88)104(95,103)105/h1-22H,23-24H2. The number of ether oxygens (including phenoxy) is 2. The number of esters is 2. The van der Waals surface area contributed by atoms with E-state index in [4.69, 9.17) is 9.47 Å². The van der Waals surface area contributed by atoms with E-state index < -0.39 is 28.2 Å². The lowest BCUT2D eigenvalue weighted by molar-refractivity contribution is -0.168. The number of fused-ring (bicyclic) bond motifs is 4. The topological polar surface area (TPSA) is 52.6 Å². The van der Waals surface area contributed by atoms with Crippen molar-refractivity contribution in [3.63, 3.8) is 0 Å². The number of rotatable bonds is 6. The Balaban J connectivity index is 0.677. The molecule has 0 amide bonds. The number of carbonyl (C=O) groups is 2. The molecule has 5 aliphatic carbocycles. The van der Waals surface area contributed by atoms with Gasteiger partial charge in [0, 0.05) is 20.9 Å². The molecule has 0 aromatic heterocycles. The summed E-state index contributed by atoms with van der Waals surface area (Å²) in [7, 11) is 0. The third-order valence-corrected chi connectivity index (χ3v) is 42.9. The quantitative estimate of drug-likeness (QED) is 0.0690. The predicted molar refractivity (Wildman–Crippen MR) is 508 cm³/mol. The Morgan fingerprint density at radius 2 is 0.385 bits per heavy atom. The van der Waals surface area contributed by atoms with Crippen LogP contribution in [0.25, 0.3) is 351 Å². The summed E-state index contributed by atoms with van der Waals surface area (Å²) in [5, 5.41) is 111. The highest BCUT2D eigenvalue weighted by Crippen LogP contribution is 2.97.